The number of phenolic OH excluding ortho intramolecular Hbond substituents is 1. The molecule has 0 saturated heterocycles. The summed E-state index contributed by atoms with van der Waals surface area (Å²) in [7, 11) is 0. The van der Waals surface area contributed by atoms with Gasteiger partial charge in [-0.2, -0.15) is 0 Å². The van der Waals surface area contributed by atoms with E-state index in [1.54, 1.807) is 18.3 Å². The van der Waals surface area contributed by atoms with Gasteiger partial charge in [0.2, 0.25) is 0 Å². The largest absolute Gasteiger partial charge is 0.508 e. The van der Waals surface area contributed by atoms with Crippen molar-refractivity contribution < 1.29 is 5.11 Å². The molecule has 0 atom stereocenters. The van der Waals surface area contributed by atoms with Gasteiger partial charge in [-0.1, -0.05) is 0 Å². The van der Waals surface area contributed by atoms with Crippen molar-refractivity contribution in [2.24, 2.45) is 0 Å². The van der Waals surface area contributed by atoms with Gasteiger partial charge >= 0.3 is 0 Å². The second-order valence-electron chi connectivity index (χ2n) is 2.73. The zero-order valence-electron chi connectivity index (χ0n) is 7.01. The predicted molar refractivity (Wildman–Crippen MR) is 49.7 cm³/mol. The number of imidazole rings is 1. The van der Waals surface area contributed by atoms with Gasteiger partial charge < -0.3 is 9.67 Å². The molecule has 0 spiro atoms. The van der Waals surface area contributed by atoms with Crippen LogP contribution in [-0.4, -0.2) is 14.7 Å². The van der Waals surface area contributed by atoms with Crippen molar-refractivity contribution in [2.45, 2.75) is 0 Å². The summed E-state index contributed by atoms with van der Waals surface area (Å²) >= 11 is 0. The summed E-state index contributed by atoms with van der Waals surface area (Å²) in [5, 5.41) is 9.08. The summed E-state index contributed by atoms with van der Waals surface area (Å²) in [6.07, 6.45) is 3.52. The first-order valence-electron chi connectivity index (χ1n) is 3.92. The van der Waals surface area contributed by atoms with Crippen LogP contribution in [0, 0.1) is 6.92 Å². The lowest BCUT2D eigenvalue weighted by Gasteiger charge is -2.03. The van der Waals surface area contributed by atoms with Crippen LogP contribution in [0.25, 0.3) is 5.69 Å². The third-order valence-electron chi connectivity index (χ3n) is 1.85. The van der Waals surface area contributed by atoms with E-state index in [-0.39, 0.29) is 5.75 Å². The monoisotopic (exact) mass is 173 g/mol. The van der Waals surface area contributed by atoms with Crippen molar-refractivity contribution in [3.05, 3.63) is 49.4 Å². The van der Waals surface area contributed by atoms with Crippen LogP contribution in [0.3, 0.4) is 0 Å². The fourth-order valence-corrected chi connectivity index (χ4v) is 1.18. The molecule has 1 N–H and O–H groups in total. The molecule has 0 aliphatic carbocycles. The van der Waals surface area contributed by atoms with Gasteiger partial charge in [0.05, 0.1) is 0 Å². The molecular weight excluding hydrogens is 164 g/mol. The average Bonchev–Trinajstić information content (AvgIpc) is 2.53. The smallest absolute Gasteiger partial charge is 0.115 e. The molecule has 0 amide bonds. The van der Waals surface area contributed by atoms with E-state index in [9.17, 15) is 0 Å². The maximum Gasteiger partial charge on any atom is 0.115 e. The van der Waals surface area contributed by atoms with E-state index in [1.807, 2.05) is 22.9 Å². The van der Waals surface area contributed by atoms with Crippen LogP contribution in [0.5, 0.6) is 5.75 Å². The van der Waals surface area contributed by atoms with Gasteiger partial charge in [-0.15, -0.1) is 0 Å². The summed E-state index contributed by atoms with van der Waals surface area (Å²) in [5.41, 5.74) is 0.945. The number of rotatable bonds is 1. The van der Waals surface area contributed by atoms with E-state index in [1.165, 1.54) is 0 Å². The van der Waals surface area contributed by atoms with Crippen molar-refractivity contribution in [3.63, 3.8) is 0 Å². The van der Waals surface area contributed by atoms with Gasteiger partial charge in [0.25, 0.3) is 0 Å². The van der Waals surface area contributed by atoms with Crippen LogP contribution in [0.1, 0.15) is 5.82 Å². The minimum atomic E-state index is 0.259. The van der Waals surface area contributed by atoms with Crippen molar-refractivity contribution in [2.75, 3.05) is 0 Å². The summed E-state index contributed by atoms with van der Waals surface area (Å²) in [5.74, 6) is 0.945. The van der Waals surface area contributed by atoms with E-state index in [2.05, 4.69) is 11.9 Å². The van der Waals surface area contributed by atoms with E-state index in [0.717, 1.165) is 5.69 Å². The van der Waals surface area contributed by atoms with Crippen LogP contribution in [0.2, 0.25) is 0 Å². The van der Waals surface area contributed by atoms with Gasteiger partial charge in [0.1, 0.15) is 11.6 Å². The number of aromatic nitrogens is 2. The maximum atomic E-state index is 9.08. The number of aromatic hydroxyl groups is 1. The average molecular weight is 173 g/mol. The lowest BCUT2D eigenvalue weighted by molar-refractivity contribution is 0.475. The Morgan fingerprint density at radius 2 is 1.92 bits per heavy atom. The molecule has 0 unspecified atom stereocenters. The van der Waals surface area contributed by atoms with Gasteiger partial charge in [0, 0.05) is 25.0 Å². The third-order valence-corrected chi connectivity index (χ3v) is 1.85. The number of phenols is 1. The lowest BCUT2D eigenvalue weighted by atomic mass is 10.3. The van der Waals surface area contributed by atoms with Crippen LogP contribution in [0.15, 0.2) is 36.7 Å². The zero-order chi connectivity index (χ0) is 9.26. The molecule has 0 aliphatic rings. The van der Waals surface area contributed by atoms with Crippen LogP contribution < -0.4 is 0 Å². The highest BCUT2D eigenvalue weighted by molar-refractivity contribution is 5.38. The topological polar surface area (TPSA) is 38.0 Å². The molecule has 3 nitrogen and oxygen atoms in total. The van der Waals surface area contributed by atoms with Gasteiger partial charge in [-0.25, -0.2) is 4.98 Å². The SMILES string of the molecule is [CH2]c1nccn1-c1ccc(O)cc1. The molecule has 0 saturated carbocycles. The van der Waals surface area contributed by atoms with E-state index < -0.39 is 0 Å². The number of hydrogen-bond donors (Lipinski definition) is 1. The molecule has 13 heavy (non-hydrogen) atoms. The second-order valence-corrected chi connectivity index (χ2v) is 2.73. The van der Waals surface area contributed by atoms with E-state index in [0.29, 0.717) is 5.82 Å². The Hall–Kier alpha value is -1.77. The minimum Gasteiger partial charge on any atom is -0.508 e. The summed E-state index contributed by atoms with van der Waals surface area (Å²) < 4.78 is 1.85. The second kappa shape index (κ2) is 2.94. The molecule has 0 aliphatic heterocycles. The summed E-state index contributed by atoms with van der Waals surface area (Å²) in [6.45, 7) is 3.77. The lowest BCUT2D eigenvalue weighted by Crippen LogP contribution is -1.94. The van der Waals surface area contributed by atoms with Crippen LogP contribution in [-0.2, 0) is 0 Å². The molecule has 65 valence electrons. The molecule has 0 bridgehead atoms. The molecule has 1 aromatic heterocycles. The van der Waals surface area contributed by atoms with Crippen LogP contribution in [0.4, 0.5) is 0 Å². The minimum absolute atomic E-state index is 0.259. The van der Waals surface area contributed by atoms with E-state index in [4.69, 9.17) is 5.11 Å². The fourth-order valence-electron chi connectivity index (χ4n) is 1.18. The third kappa shape index (κ3) is 1.40. The molecule has 0 fully saturated rings. The van der Waals surface area contributed by atoms with Gasteiger partial charge in [-0.3, -0.25) is 0 Å². The normalized spacial score (nSPS) is 10.2. The molecule has 1 aromatic carbocycles. The van der Waals surface area contributed by atoms with Crippen LogP contribution >= 0.6 is 0 Å². The molecular formula is C10H9N2O. The van der Waals surface area contributed by atoms with Crippen molar-refractivity contribution in [1.82, 2.24) is 9.55 Å². The van der Waals surface area contributed by atoms with E-state index >= 15 is 0 Å². The molecule has 1 radical (unpaired) electrons. The first kappa shape index (κ1) is 7.86. The van der Waals surface area contributed by atoms with Crippen molar-refractivity contribution in [1.29, 1.82) is 0 Å². The zero-order valence-corrected chi connectivity index (χ0v) is 7.01. The Labute approximate surface area is 76.3 Å². The first-order valence-corrected chi connectivity index (χ1v) is 3.92. The molecule has 2 aromatic rings. The van der Waals surface area contributed by atoms with Crippen molar-refractivity contribution in [3.8, 4) is 11.4 Å². The van der Waals surface area contributed by atoms with Gasteiger partial charge in [-0.05, 0) is 24.3 Å². The standard InChI is InChI=1S/C10H9N2O/c1-8-11-6-7-12(8)9-2-4-10(13)5-3-9/h2-7,13H,1H2. The molecule has 2 rings (SSSR count). The Bertz CT molecular complexity index is 403. The quantitative estimate of drug-likeness (QED) is 0.713. The first-order chi connectivity index (χ1) is 6.27. The number of benzene rings is 1. The molecule has 3 heteroatoms. The van der Waals surface area contributed by atoms with Crippen molar-refractivity contribution >= 4 is 0 Å². The Morgan fingerprint density at radius 3 is 2.46 bits per heavy atom. The highest BCUT2D eigenvalue weighted by Crippen LogP contribution is 2.14. The highest BCUT2D eigenvalue weighted by Gasteiger charge is 1.98. The summed E-state index contributed by atoms with van der Waals surface area (Å²) in [6, 6.07) is 6.89. The highest BCUT2D eigenvalue weighted by atomic mass is 16.3. The Morgan fingerprint density at radius 1 is 1.23 bits per heavy atom. The maximum absolute atomic E-state index is 9.08. The Balaban J connectivity index is 2.47. The predicted octanol–water partition coefficient (Wildman–Crippen LogP) is 1.76. The number of hydrogen-bond acceptors (Lipinski definition) is 2. The number of nitrogens with zero attached hydrogens (tertiary/aromatic N) is 2. The molecule has 1 heterocycles. The summed E-state index contributed by atoms with van der Waals surface area (Å²) in [4.78, 5) is 4.00. The van der Waals surface area contributed by atoms with Gasteiger partial charge in [0.15, 0.2) is 0 Å². The Kier molecular flexibility index (Phi) is 1.77. The fraction of sp³-hybridized carbons (Fsp3) is 0.